The normalized spacial score (nSPS) is 18.7. The average Bonchev–Trinajstić information content (AvgIpc) is 2.69. The van der Waals surface area contributed by atoms with Crippen molar-refractivity contribution >= 4 is 0 Å². The maximum absolute atomic E-state index is 13.2. The Morgan fingerprint density at radius 1 is 1.38 bits per heavy atom. The standard InChI is InChI=1S/C12H15FO3/c1-3-14-11-5-4-9(13)8-10(11)12(2)15-6-7-16-12/h4-5,8H,3,6-7H2,1-2H3. The van der Waals surface area contributed by atoms with Gasteiger partial charge in [-0.25, -0.2) is 4.39 Å². The number of hydrogen-bond acceptors (Lipinski definition) is 3. The molecule has 3 nitrogen and oxygen atoms in total. The van der Waals surface area contributed by atoms with E-state index in [0.717, 1.165) is 0 Å². The van der Waals surface area contributed by atoms with Crippen molar-refractivity contribution in [3.8, 4) is 5.75 Å². The summed E-state index contributed by atoms with van der Waals surface area (Å²) in [6.07, 6.45) is 0. The lowest BCUT2D eigenvalue weighted by Crippen LogP contribution is -2.23. The molecule has 0 aromatic heterocycles. The number of hydrogen-bond donors (Lipinski definition) is 0. The Bertz CT molecular complexity index is 373. The first kappa shape index (κ1) is 11.4. The number of benzene rings is 1. The SMILES string of the molecule is CCOc1ccc(F)cc1C1(C)OCCO1. The van der Waals surface area contributed by atoms with Crippen molar-refractivity contribution < 1.29 is 18.6 Å². The van der Waals surface area contributed by atoms with E-state index in [-0.39, 0.29) is 5.82 Å². The van der Waals surface area contributed by atoms with Crippen LogP contribution in [0.5, 0.6) is 5.75 Å². The summed E-state index contributed by atoms with van der Waals surface area (Å²) in [5.41, 5.74) is 0.604. The molecule has 0 atom stereocenters. The van der Waals surface area contributed by atoms with Crippen LogP contribution >= 0.6 is 0 Å². The Morgan fingerprint density at radius 3 is 2.69 bits per heavy atom. The van der Waals surface area contributed by atoms with Gasteiger partial charge in [-0.2, -0.15) is 0 Å². The van der Waals surface area contributed by atoms with E-state index in [1.165, 1.54) is 12.1 Å². The van der Waals surface area contributed by atoms with E-state index in [9.17, 15) is 4.39 Å². The van der Waals surface area contributed by atoms with Crippen molar-refractivity contribution in [2.75, 3.05) is 19.8 Å². The monoisotopic (exact) mass is 226 g/mol. The first-order valence-corrected chi connectivity index (χ1v) is 5.36. The smallest absolute Gasteiger partial charge is 0.195 e. The first-order chi connectivity index (χ1) is 7.65. The van der Waals surface area contributed by atoms with Gasteiger partial charge in [0, 0.05) is 0 Å². The van der Waals surface area contributed by atoms with Gasteiger partial charge in [0.25, 0.3) is 0 Å². The second-order valence-corrected chi connectivity index (χ2v) is 3.72. The lowest BCUT2D eigenvalue weighted by atomic mass is 10.1. The van der Waals surface area contributed by atoms with E-state index in [0.29, 0.717) is 31.1 Å². The maximum atomic E-state index is 13.2. The molecule has 1 aromatic carbocycles. The summed E-state index contributed by atoms with van der Waals surface area (Å²) in [6.45, 7) is 5.20. The van der Waals surface area contributed by atoms with Crippen molar-refractivity contribution in [2.24, 2.45) is 0 Å². The van der Waals surface area contributed by atoms with Crippen LogP contribution in [-0.2, 0) is 15.3 Å². The molecule has 1 saturated heterocycles. The number of ether oxygens (including phenoxy) is 3. The van der Waals surface area contributed by atoms with Gasteiger partial charge in [0.1, 0.15) is 11.6 Å². The third kappa shape index (κ3) is 2.03. The van der Waals surface area contributed by atoms with Gasteiger partial charge in [-0.05, 0) is 32.0 Å². The van der Waals surface area contributed by atoms with E-state index in [1.54, 1.807) is 13.0 Å². The van der Waals surface area contributed by atoms with Crippen LogP contribution < -0.4 is 4.74 Å². The fourth-order valence-corrected chi connectivity index (χ4v) is 1.81. The lowest BCUT2D eigenvalue weighted by Gasteiger charge is -2.25. The van der Waals surface area contributed by atoms with Crippen molar-refractivity contribution in [1.29, 1.82) is 0 Å². The second-order valence-electron chi connectivity index (χ2n) is 3.72. The highest BCUT2D eigenvalue weighted by molar-refractivity contribution is 5.37. The molecule has 0 spiro atoms. The molecule has 0 amide bonds. The molecule has 88 valence electrons. The molecule has 0 saturated carbocycles. The fraction of sp³-hybridized carbons (Fsp3) is 0.500. The van der Waals surface area contributed by atoms with Gasteiger partial charge in [0.2, 0.25) is 0 Å². The summed E-state index contributed by atoms with van der Waals surface area (Å²) < 4.78 is 29.7. The minimum atomic E-state index is -0.896. The summed E-state index contributed by atoms with van der Waals surface area (Å²) in [7, 11) is 0. The molecule has 0 N–H and O–H groups in total. The van der Waals surface area contributed by atoms with Crippen molar-refractivity contribution in [3.05, 3.63) is 29.6 Å². The van der Waals surface area contributed by atoms with E-state index in [4.69, 9.17) is 14.2 Å². The summed E-state index contributed by atoms with van der Waals surface area (Å²) in [6, 6.07) is 4.37. The topological polar surface area (TPSA) is 27.7 Å². The van der Waals surface area contributed by atoms with E-state index < -0.39 is 5.79 Å². The molecule has 0 aliphatic carbocycles. The van der Waals surface area contributed by atoms with Crippen LogP contribution in [0.1, 0.15) is 19.4 Å². The molecule has 16 heavy (non-hydrogen) atoms. The van der Waals surface area contributed by atoms with Gasteiger partial charge in [-0.3, -0.25) is 0 Å². The highest BCUT2D eigenvalue weighted by atomic mass is 19.1. The Hall–Kier alpha value is -1.13. The van der Waals surface area contributed by atoms with Gasteiger partial charge < -0.3 is 14.2 Å². The van der Waals surface area contributed by atoms with E-state index in [1.807, 2.05) is 6.92 Å². The third-order valence-electron chi connectivity index (χ3n) is 2.57. The number of halogens is 1. The predicted octanol–water partition coefficient (Wildman–Crippen LogP) is 2.44. The zero-order valence-corrected chi connectivity index (χ0v) is 9.46. The van der Waals surface area contributed by atoms with Crippen LogP contribution in [0.4, 0.5) is 4.39 Å². The van der Waals surface area contributed by atoms with Crippen LogP contribution in [0.15, 0.2) is 18.2 Å². The molecule has 1 aromatic rings. The quantitative estimate of drug-likeness (QED) is 0.792. The van der Waals surface area contributed by atoms with Crippen LogP contribution in [0.3, 0.4) is 0 Å². The molecular formula is C12H15FO3. The molecule has 4 heteroatoms. The largest absolute Gasteiger partial charge is 0.493 e. The van der Waals surface area contributed by atoms with Crippen LogP contribution in [0.25, 0.3) is 0 Å². The molecule has 0 unspecified atom stereocenters. The minimum absolute atomic E-state index is 0.321. The highest BCUT2D eigenvalue weighted by Crippen LogP contribution is 2.37. The van der Waals surface area contributed by atoms with Crippen molar-refractivity contribution in [1.82, 2.24) is 0 Å². The molecule has 2 rings (SSSR count). The van der Waals surface area contributed by atoms with Gasteiger partial charge in [0.05, 0.1) is 25.4 Å². The molecule has 1 fully saturated rings. The van der Waals surface area contributed by atoms with Gasteiger partial charge >= 0.3 is 0 Å². The highest BCUT2D eigenvalue weighted by Gasteiger charge is 2.36. The van der Waals surface area contributed by atoms with Crippen molar-refractivity contribution in [2.45, 2.75) is 19.6 Å². The van der Waals surface area contributed by atoms with Gasteiger partial charge in [-0.1, -0.05) is 0 Å². The second kappa shape index (κ2) is 4.39. The Morgan fingerprint density at radius 2 is 2.06 bits per heavy atom. The van der Waals surface area contributed by atoms with E-state index in [2.05, 4.69) is 0 Å². The summed E-state index contributed by atoms with van der Waals surface area (Å²) in [4.78, 5) is 0. The Balaban J connectivity index is 2.40. The molecular weight excluding hydrogens is 211 g/mol. The van der Waals surface area contributed by atoms with E-state index >= 15 is 0 Å². The zero-order valence-electron chi connectivity index (χ0n) is 9.46. The fourth-order valence-electron chi connectivity index (χ4n) is 1.81. The Kier molecular flexibility index (Phi) is 3.12. The maximum Gasteiger partial charge on any atom is 0.195 e. The zero-order chi connectivity index (χ0) is 11.6. The molecule has 1 heterocycles. The molecule has 0 bridgehead atoms. The van der Waals surface area contributed by atoms with Crippen molar-refractivity contribution in [3.63, 3.8) is 0 Å². The summed E-state index contributed by atoms with van der Waals surface area (Å²) >= 11 is 0. The van der Waals surface area contributed by atoms with Gasteiger partial charge in [0.15, 0.2) is 5.79 Å². The lowest BCUT2D eigenvalue weighted by molar-refractivity contribution is -0.151. The Labute approximate surface area is 94.1 Å². The van der Waals surface area contributed by atoms with Crippen LogP contribution in [-0.4, -0.2) is 19.8 Å². The number of rotatable bonds is 3. The first-order valence-electron chi connectivity index (χ1n) is 5.36. The third-order valence-corrected chi connectivity index (χ3v) is 2.57. The summed E-state index contributed by atoms with van der Waals surface area (Å²) in [5, 5.41) is 0. The molecule has 0 radical (unpaired) electrons. The van der Waals surface area contributed by atoms with Crippen LogP contribution in [0, 0.1) is 5.82 Å². The summed E-state index contributed by atoms with van der Waals surface area (Å²) in [5.74, 6) is -0.612. The van der Waals surface area contributed by atoms with Crippen LogP contribution in [0.2, 0.25) is 0 Å². The minimum Gasteiger partial charge on any atom is -0.493 e. The van der Waals surface area contributed by atoms with Gasteiger partial charge in [-0.15, -0.1) is 0 Å². The molecule has 1 aliphatic heterocycles. The molecule has 1 aliphatic rings. The average molecular weight is 226 g/mol. The predicted molar refractivity (Wildman–Crippen MR) is 56.8 cm³/mol.